The summed E-state index contributed by atoms with van der Waals surface area (Å²) in [6, 6.07) is 21.1. The monoisotopic (exact) mass is 549 g/mol. The molecule has 198 valence electrons. The molecular formula is C28H31N5O3S2. The summed E-state index contributed by atoms with van der Waals surface area (Å²) in [5.74, 6) is -0.231. The van der Waals surface area contributed by atoms with Gasteiger partial charge in [-0.2, -0.15) is 0 Å². The van der Waals surface area contributed by atoms with E-state index < -0.39 is 10.0 Å². The molecule has 1 aliphatic rings. The Kier molecular flexibility index (Phi) is 7.92. The van der Waals surface area contributed by atoms with Gasteiger partial charge < -0.3 is 10.2 Å². The molecule has 0 aliphatic carbocycles. The lowest BCUT2D eigenvalue weighted by molar-refractivity contribution is 0.0948. The fourth-order valence-corrected chi connectivity index (χ4v) is 6.68. The van der Waals surface area contributed by atoms with Crippen molar-refractivity contribution in [3.63, 3.8) is 0 Å². The first-order chi connectivity index (χ1) is 18.4. The average Bonchev–Trinajstić information content (AvgIpc) is 3.38. The Morgan fingerprint density at radius 2 is 1.74 bits per heavy atom. The maximum absolute atomic E-state index is 12.7. The van der Waals surface area contributed by atoms with Crippen LogP contribution in [0.25, 0.3) is 10.2 Å². The van der Waals surface area contributed by atoms with Gasteiger partial charge in [-0.15, -0.1) is 0 Å². The Bertz CT molecular complexity index is 1510. The zero-order chi connectivity index (χ0) is 26.5. The smallest absolute Gasteiger partial charge is 0.261 e. The minimum Gasteiger partial charge on any atom is -0.351 e. The molecule has 1 aromatic heterocycles. The quantitative estimate of drug-likeness (QED) is 0.325. The number of nitrogens with zero attached hydrogens (tertiary/aromatic N) is 3. The van der Waals surface area contributed by atoms with Crippen molar-refractivity contribution in [2.75, 3.05) is 48.9 Å². The van der Waals surface area contributed by atoms with Gasteiger partial charge in [0.15, 0.2) is 5.13 Å². The number of hydrogen-bond acceptors (Lipinski definition) is 7. The van der Waals surface area contributed by atoms with E-state index in [9.17, 15) is 13.2 Å². The molecule has 4 aromatic rings. The number of carbonyl (C=O) groups excluding carboxylic acids is 1. The average molecular weight is 550 g/mol. The van der Waals surface area contributed by atoms with Crippen molar-refractivity contribution in [3.05, 3.63) is 83.9 Å². The van der Waals surface area contributed by atoms with E-state index in [1.54, 1.807) is 53.8 Å². The van der Waals surface area contributed by atoms with E-state index in [0.29, 0.717) is 17.8 Å². The van der Waals surface area contributed by atoms with Crippen LogP contribution in [0.15, 0.2) is 77.7 Å². The van der Waals surface area contributed by atoms with Crippen molar-refractivity contribution in [2.24, 2.45) is 0 Å². The third kappa shape index (κ3) is 5.98. The number of carbonyl (C=O) groups is 1. The van der Waals surface area contributed by atoms with Gasteiger partial charge in [-0.05, 0) is 48.4 Å². The molecule has 38 heavy (non-hydrogen) atoms. The molecular weight excluding hydrogens is 518 g/mol. The number of para-hydroxylation sites is 1. The Hall–Kier alpha value is -3.47. The van der Waals surface area contributed by atoms with Crippen molar-refractivity contribution in [3.8, 4) is 0 Å². The van der Waals surface area contributed by atoms with Gasteiger partial charge in [0.25, 0.3) is 15.9 Å². The molecule has 0 bridgehead atoms. The Morgan fingerprint density at radius 3 is 2.50 bits per heavy atom. The molecule has 1 aliphatic heterocycles. The van der Waals surface area contributed by atoms with Crippen LogP contribution in [0.1, 0.15) is 22.8 Å². The van der Waals surface area contributed by atoms with Gasteiger partial charge in [0.2, 0.25) is 0 Å². The summed E-state index contributed by atoms with van der Waals surface area (Å²) in [6.07, 6.45) is 0.980. The first-order valence-electron chi connectivity index (χ1n) is 12.7. The van der Waals surface area contributed by atoms with E-state index in [4.69, 9.17) is 4.98 Å². The molecule has 2 N–H and O–H groups in total. The van der Waals surface area contributed by atoms with Crippen molar-refractivity contribution in [1.29, 1.82) is 0 Å². The van der Waals surface area contributed by atoms with E-state index in [0.717, 1.165) is 49.8 Å². The van der Waals surface area contributed by atoms with Crippen LogP contribution in [0.5, 0.6) is 0 Å². The molecule has 5 rings (SSSR count). The molecule has 1 fully saturated rings. The summed E-state index contributed by atoms with van der Waals surface area (Å²) in [5.41, 5.74) is 3.17. The Labute approximate surface area is 227 Å². The highest BCUT2D eigenvalue weighted by atomic mass is 32.2. The first kappa shape index (κ1) is 26.1. The molecule has 1 amide bonds. The summed E-state index contributed by atoms with van der Waals surface area (Å²) in [4.78, 5) is 22.5. The topological polar surface area (TPSA) is 94.6 Å². The van der Waals surface area contributed by atoms with E-state index in [-0.39, 0.29) is 10.8 Å². The number of anilines is 2. The summed E-state index contributed by atoms with van der Waals surface area (Å²) in [5, 5.41) is 4.04. The summed E-state index contributed by atoms with van der Waals surface area (Å²) in [7, 11) is -3.72. The second kappa shape index (κ2) is 11.5. The van der Waals surface area contributed by atoms with E-state index >= 15 is 0 Å². The number of rotatable bonds is 9. The predicted octanol–water partition coefficient (Wildman–Crippen LogP) is 4.21. The van der Waals surface area contributed by atoms with Gasteiger partial charge in [-0.1, -0.05) is 54.7 Å². The number of hydrogen-bond donors (Lipinski definition) is 2. The third-order valence-electron chi connectivity index (χ3n) is 6.66. The number of benzene rings is 3. The molecule has 0 radical (unpaired) electrons. The number of piperazine rings is 1. The van der Waals surface area contributed by atoms with Gasteiger partial charge in [0.1, 0.15) is 0 Å². The second-order valence-electron chi connectivity index (χ2n) is 9.20. The number of nitrogens with one attached hydrogen (secondary N) is 2. The molecule has 8 nitrogen and oxygen atoms in total. The molecule has 3 aromatic carbocycles. The van der Waals surface area contributed by atoms with Gasteiger partial charge in [0, 0.05) is 50.5 Å². The minimum absolute atomic E-state index is 0.170. The molecule has 10 heteroatoms. The second-order valence-corrected chi connectivity index (χ2v) is 11.9. The summed E-state index contributed by atoms with van der Waals surface area (Å²) < 4.78 is 29.0. The Balaban J connectivity index is 1.10. The third-order valence-corrected chi connectivity index (χ3v) is 9.14. The minimum atomic E-state index is -3.72. The lowest BCUT2D eigenvalue weighted by Gasteiger charge is -2.34. The van der Waals surface area contributed by atoms with Crippen LogP contribution in [0.3, 0.4) is 0 Å². The highest BCUT2D eigenvalue weighted by molar-refractivity contribution is 7.92. The highest BCUT2D eigenvalue weighted by Crippen LogP contribution is 2.31. The van der Waals surface area contributed by atoms with E-state index in [1.165, 1.54) is 22.4 Å². The van der Waals surface area contributed by atoms with Crippen molar-refractivity contribution >= 4 is 48.3 Å². The van der Waals surface area contributed by atoms with Crippen LogP contribution >= 0.6 is 11.3 Å². The molecule has 0 saturated carbocycles. The maximum atomic E-state index is 12.7. The van der Waals surface area contributed by atoms with Gasteiger partial charge >= 0.3 is 0 Å². The van der Waals surface area contributed by atoms with Crippen LogP contribution in [0.2, 0.25) is 0 Å². The first-order valence-corrected chi connectivity index (χ1v) is 15.0. The largest absolute Gasteiger partial charge is 0.351 e. The number of amides is 1. The van der Waals surface area contributed by atoms with Gasteiger partial charge in [0.05, 0.1) is 15.1 Å². The number of thiazole rings is 1. The van der Waals surface area contributed by atoms with Crippen molar-refractivity contribution in [2.45, 2.75) is 18.2 Å². The lowest BCUT2D eigenvalue weighted by Crippen LogP contribution is -2.48. The standard InChI is InChI=1S/C28H31N5O3S2/c1-2-21-8-7-13-25-26(21)30-28(37-25)33-18-16-32(17-19-33)15-14-29-27(34)22-9-6-10-23(20-22)31-38(35,36)24-11-4-3-5-12-24/h3-13,20,31H,2,14-19H2,1H3,(H,29,34). The number of aromatic nitrogens is 1. The van der Waals surface area contributed by atoms with E-state index in [1.807, 2.05) is 0 Å². The molecule has 0 spiro atoms. The van der Waals surface area contributed by atoms with Crippen LogP contribution < -0.4 is 14.9 Å². The SMILES string of the molecule is CCc1cccc2sc(N3CCN(CCNC(=O)c4cccc(NS(=O)(=O)c5ccccc5)c4)CC3)nc12. The van der Waals surface area contributed by atoms with Gasteiger partial charge in [-0.3, -0.25) is 14.4 Å². The highest BCUT2D eigenvalue weighted by Gasteiger charge is 2.20. The zero-order valence-corrected chi connectivity index (χ0v) is 22.9. The fourth-order valence-electron chi connectivity index (χ4n) is 4.54. The van der Waals surface area contributed by atoms with Crippen molar-refractivity contribution in [1.82, 2.24) is 15.2 Å². The van der Waals surface area contributed by atoms with Crippen LogP contribution in [-0.2, 0) is 16.4 Å². The Morgan fingerprint density at radius 1 is 0.974 bits per heavy atom. The number of sulfonamides is 1. The molecule has 1 saturated heterocycles. The van der Waals surface area contributed by atoms with Crippen molar-refractivity contribution < 1.29 is 13.2 Å². The molecule has 0 unspecified atom stereocenters. The fraction of sp³-hybridized carbons (Fsp3) is 0.286. The number of aryl methyl sites for hydroxylation is 1. The van der Waals surface area contributed by atoms with Crippen LogP contribution in [0, 0.1) is 0 Å². The summed E-state index contributed by atoms with van der Waals surface area (Å²) >= 11 is 1.75. The van der Waals surface area contributed by atoms with Crippen LogP contribution in [-0.4, -0.2) is 63.5 Å². The maximum Gasteiger partial charge on any atom is 0.261 e. The zero-order valence-electron chi connectivity index (χ0n) is 21.3. The molecule has 0 atom stereocenters. The lowest BCUT2D eigenvalue weighted by atomic mass is 10.1. The number of fused-ring (bicyclic) bond motifs is 1. The normalized spacial score (nSPS) is 14.5. The van der Waals surface area contributed by atoms with Crippen LogP contribution in [0.4, 0.5) is 10.8 Å². The van der Waals surface area contributed by atoms with Gasteiger partial charge in [-0.25, -0.2) is 13.4 Å². The predicted molar refractivity (Wildman–Crippen MR) is 154 cm³/mol. The van der Waals surface area contributed by atoms with E-state index in [2.05, 4.69) is 45.0 Å². The molecule has 2 heterocycles. The summed E-state index contributed by atoms with van der Waals surface area (Å²) in [6.45, 7) is 7.04.